The van der Waals surface area contributed by atoms with Gasteiger partial charge >= 0.3 is 6.18 Å². The van der Waals surface area contributed by atoms with E-state index in [9.17, 15) is 18.0 Å². The summed E-state index contributed by atoms with van der Waals surface area (Å²) < 4.78 is 40.9. The Labute approximate surface area is 172 Å². The number of hydrogen-bond acceptors (Lipinski definition) is 2. The summed E-state index contributed by atoms with van der Waals surface area (Å²) in [5.41, 5.74) is 3.85. The molecule has 0 bridgehead atoms. The van der Waals surface area contributed by atoms with Crippen LogP contribution >= 0.6 is 11.8 Å². The quantitative estimate of drug-likeness (QED) is 0.340. The number of nitrogens with zero attached hydrogens (tertiary/aromatic N) is 1. The van der Waals surface area contributed by atoms with Gasteiger partial charge in [0.1, 0.15) is 0 Å². The number of carbonyl (C=O) groups is 1. The van der Waals surface area contributed by atoms with Gasteiger partial charge in [0.2, 0.25) is 0 Å². The standard InChI is InChI=1S/C23H22F3NOS/c1-14-8-9-15(2)22(10-14)29-13-21(28)20-11-16(3)27(17(20)4)19-7-5-6-18(12-19)23(24,25)26/h5-12H,13H2,1-4H3. The fourth-order valence-corrected chi connectivity index (χ4v) is 4.35. The number of halogens is 3. The van der Waals surface area contributed by atoms with Crippen molar-refractivity contribution >= 4 is 17.5 Å². The van der Waals surface area contributed by atoms with Gasteiger partial charge in [-0.15, -0.1) is 11.8 Å². The number of rotatable bonds is 5. The molecule has 2 nitrogen and oxygen atoms in total. The zero-order chi connectivity index (χ0) is 21.3. The molecule has 0 N–H and O–H groups in total. The van der Waals surface area contributed by atoms with Gasteiger partial charge in [-0.25, -0.2) is 0 Å². The van der Waals surface area contributed by atoms with Crippen molar-refractivity contribution in [2.75, 3.05) is 5.75 Å². The van der Waals surface area contributed by atoms with Gasteiger partial charge in [0.05, 0.1) is 11.3 Å². The number of aromatic nitrogens is 1. The molecule has 0 aliphatic heterocycles. The summed E-state index contributed by atoms with van der Waals surface area (Å²) in [5.74, 6) is 0.235. The van der Waals surface area contributed by atoms with Crippen molar-refractivity contribution < 1.29 is 18.0 Å². The van der Waals surface area contributed by atoms with Crippen LogP contribution in [-0.4, -0.2) is 16.1 Å². The highest BCUT2D eigenvalue weighted by Gasteiger charge is 2.30. The van der Waals surface area contributed by atoms with Gasteiger partial charge < -0.3 is 4.57 Å². The summed E-state index contributed by atoms with van der Waals surface area (Å²) in [7, 11) is 0. The molecule has 0 saturated heterocycles. The van der Waals surface area contributed by atoms with Crippen LogP contribution in [0.25, 0.3) is 5.69 Å². The van der Waals surface area contributed by atoms with Gasteiger partial charge in [0.25, 0.3) is 0 Å². The van der Waals surface area contributed by atoms with E-state index in [1.54, 1.807) is 30.5 Å². The van der Waals surface area contributed by atoms with Gasteiger partial charge in [-0.1, -0.05) is 23.8 Å². The van der Waals surface area contributed by atoms with Crippen LogP contribution in [0.1, 0.15) is 38.4 Å². The number of hydrogen-bond donors (Lipinski definition) is 0. The average Bonchev–Trinajstić information content (AvgIpc) is 2.96. The van der Waals surface area contributed by atoms with E-state index in [4.69, 9.17) is 0 Å². The van der Waals surface area contributed by atoms with Gasteiger partial charge in [0.15, 0.2) is 5.78 Å². The third-order valence-electron chi connectivity index (χ3n) is 4.87. The molecule has 3 aromatic rings. The van der Waals surface area contributed by atoms with Crippen molar-refractivity contribution in [3.8, 4) is 5.69 Å². The molecule has 1 aromatic heterocycles. The van der Waals surface area contributed by atoms with E-state index in [1.807, 2.05) is 26.0 Å². The Bertz CT molecular complexity index is 1070. The third kappa shape index (κ3) is 4.58. The van der Waals surface area contributed by atoms with Crippen molar-refractivity contribution in [1.29, 1.82) is 0 Å². The number of aryl methyl sites for hydroxylation is 3. The summed E-state index contributed by atoms with van der Waals surface area (Å²) in [6.07, 6.45) is -4.41. The normalized spacial score (nSPS) is 11.7. The molecule has 6 heteroatoms. The predicted molar refractivity (Wildman–Crippen MR) is 111 cm³/mol. The molecule has 0 atom stereocenters. The van der Waals surface area contributed by atoms with Crippen molar-refractivity contribution in [3.05, 3.63) is 82.2 Å². The summed E-state index contributed by atoms with van der Waals surface area (Å²) in [6.45, 7) is 7.57. The zero-order valence-corrected chi connectivity index (χ0v) is 17.5. The van der Waals surface area contributed by atoms with Crippen LogP contribution in [0.2, 0.25) is 0 Å². The second-order valence-corrected chi connectivity index (χ2v) is 8.17. The van der Waals surface area contributed by atoms with Crippen LogP contribution in [0.15, 0.2) is 53.4 Å². The van der Waals surface area contributed by atoms with Crippen LogP contribution in [0.3, 0.4) is 0 Å². The maximum atomic E-state index is 13.1. The van der Waals surface area contributed by atoms with Crippen molar-refractivity contribution in [2.24, 2.45) is 0 Å². The van der Waals surface area contributed by atoms with E-state index in [0.717, 1.165) is 33.8 Å². The van der Waals surface area contributed by atoms with Gasteiger partial charge in [-0.3, -0.25) is 4.79 Å². The summed E-state index contributed by atoms with van der Waals surface area (Å²) in [6, 6.07) is 13.0. The molecule has 152 valence electrons. The zero-order valence-electron chi connectivity index (χ0n) is 16.7. The Morgan fingerprint density at radius 1 is 1.00 bits per heavy atom. The average molecular weight is 417 g/mol. The maximum Gasteiger partial charge on any atom is 0.416 e. The number of Topliss-reactive ketones (excluding diaryl/α,β-unsaturated/α-hetero) is 1. The molecule has 0 fully saturated rings. The highest BCUT2D eigenvalue weighted by molar-refractivity contribution is 8.00. The lowest BCUT2D eigenvalue weighted by molar-refractivity contribution is -0.137. The molecule has 0 amide bonds. The van der Waals surface area contributed by atoms with Crippen LogP contribution in [0, 0.1) is 27.7 Å². The maximum absolute atomic E-state index is 13.1. The summed E-state index contributed by atoms with van der Waals surface area (Å²) in [5, 5.41) is 0. The highest BCUT2D eigenvalue weighted by atomic mass is 32.2. The second kappa shape index (κ2) is 8.11. The summed E-state index contributed by atoms with van der Waals surface area (Å²) >= 11 is 1.48. The predicted octanol–water partition coefficient (Wildman–Crippen LogP) is 6.70. The van der Waals surface area contributed by atoms with E-state index in [1.165, 1.54) is 17.8 Å². The fraction of sp³-hybridized carbons (Fsp3) is 0.261. The molecular weight excluding hydrogens is 395 g/mol. The Balaban J connectivity index is 1.88. The van der Waals surface area contributed by atoms with Crippen LogP contribution in [-0.2, 0) is 6.18 Å². The largest absolute Gasteiger partial charge is 0.416 e. The van der Waals surface area contributed by atoms with E-state index >= 15 is 0 Å². The van der Waals surface area contributed by atoms with Crippen molar-refractivity contribution in [3.63, 3.8) is 0 Å². The second-order valence-electron chi connectivity index (χ2n) is 7.15. The van der Waals surface area contributed by atoms with E-state index in [2.05, 4.69) is 6.07 Å². The molecule has 0 saturated carbocycles. The minimum Gasteiger partial charge on any atom is -0.318 e. The Morgan fingerprint density at radius 2 is 1.72 bits per heavy atom. The Morgan fingerprint density at radius 3 is 2.41 bits per heavy atom. The van der Waals surface area contributed by atoms with Crippen LogP contribution < -0.4 is 0 Å². The van der Waals surface area contributed by atoms with E-state index in [-0.39, 0.29) is 11.5 Å². The highest BCUT2D eigenvalue weighted by Crippen LogP contribution is 2.32. The topological polar surface area (TPSA) is 22.0 Å². The van der Waals surface area contributed by atoms with Crippen molar-refractivity contribution in [2.45, 2.75) is 38.8 Å². The number of thioether (sulfide) groups is 1. The molecule has 3 rings (SSSR count). The monoisotopic (exact) mass is 417 g/mol. The molecule has 0 spiro atoms. The number of benzene rings is 2. The SMILES string of the molecule is Cc1ccc(C)c(SCC(=O)c2cc(C)n(-c3cccc(C(F)(F)F)c3)c2C)c1. The Kier molecular flexibility index (Phi) is 5.94. The first-order valence-corrected chi connectivity index (χ1v) is 10.2. The van der Waals surface area contributed by atoms with Crippen LogP contribution in [0.5, 0.6) is 0 Å². The molecule has 0 aliphatic rings. The lowest BCUT2D eigenvalue weighted by Crippen LogP contribution is -2.08. The molecule has 29 heavy (non-hydrogen) atoms. The van der Waals surface area contributed by atoms with Crippen molar-refractivity contribution in [1.82, 2.24) is 4.57 Å². The summed E-state index contributed by atoms with van der Waals surface area (Å²) in [4.78, 5) is 13.9. The number of carbonyl (C=O) groups excluding carboxylic acids is 1. The Hall–Kier alpha value is -2.47. The molecule has 1 heterocycles. The third-order valence-corrected chi connectivity index (χ3v) is 6.02. The molecule has 0 aliphatic carbocycles. The lowest BCUT2D eigenvalue weighted by atomic mass is 10.1. The first-order valence-electron chi connectivity index (χ1n) is 9.17. The molecule has 0 unspecified atom stereocenters. The first-order chi connectivity index (χ1) is 13.6. The minimum absolute atomic E-state index is 0.0396. The van der Waals surface area contributed by atoms with Gasteiger partial charge in [-0.2, -0.15) is 13.2 Å². The molecule has 2 aromatic carbocycles. The smallest absolute Gasteiger partial charge is 0.318 e. The van der Waals surface area contributed by atoms with E-state index in [0.29, 0.717) is 16.9 Å². The molecule has 0 radical (unpaired) electrons. The minimum atomic E-state index is -4.41. The molecular formula is C23H22F3NOS. The first kappa shape index (κ1) is 21.2. The number of ketones is 1. The number of alkyl halides is 3. The van der Waals surface area contributed by atoms with Gasteiger partial charge in [0, 0.05) is 27.5 Å². The fourth-order valence-electron chi connectivity index (χ4n) is 3.35. The van der Waals surface area contributed by atoms with E-state index < -0.39 is 11.7 Å². The lowest BCUT2D eigenvalue weighted by Gasteiger charge is -2.13. The van der Waals surface area contributed by atoms with Gasteiger partial charge in [-0.05, 0) is 63.6 Å². The van der Waals surface area contributed by atoms with Crippen LogP contribution in [0.4, 0.5) is 13.2 Å².